The Hall–Kier alpha value is -1.92. The Balaban J connectivity index is 3.07. The van der Waals surface area contributed by atoms with Crippen LogP contribution in [0.15, 0.2) is 0 Å². The molecule has 0 aliphatic rings. The highest BCUT2D eigenvalue weighted by Crippen LogP contribution is 2.31. The van der Waals surface area contributed by atoms with Crippen molar-refractivity contribution < 1.29 is 9.66 Å². The summed E-state index contributed by atoms with van der Waals surface area (Å²) in [6.45, 7) is 4.34. The number of rotatable bonds is 6. The number of unbranched alkanes of at least 4 members (excludes halogenated alkanes) is 1. The quantitative estimate of drug-likeness (QED) is 0.464. The van der Waals surface area contributed by atoms with Crippen molar-refractivity contribution in [1.82, 2.24) is 9.97 Å². The van der Waals surface area contributed by atoms with Crippen LogP contribution in [0.4, 0.5) is 11.5 Å². The largest absolute Gasteiger partial charge is 0.476 e. The minimum atomic E-state index is -0.535. The number of nitro groups is 1. The molecule has 0 saturated carbocycles. The summed E-state index contributed by atoms with van der Waals surface area (Å²) in [7, 11) is 1.35. The second-order valence-corrected chi connectivity index (χ2v) is 3.51. The fraction of sp³-hybridized carbons (Fsp3) is 0.600. The first-order chi connectivity index (χ1) is 8.10. The van der Waals surface area contributed by atoms with E-state index in [0.717, 1.165) is 12.8 Å². The molecule has 7 heteroatoms. The SMILES string of the molecule is CCCCNc1nc(C)nc(OC)c1[N+](=O)[O-]. The van der Waals surface area contributed by atoms with E-state index in [2.05, 4.69) is 15.3 Å². The lowest BCUT2D eigenvalue weighted by Gasteiger charge is -2.08. The van der Waals surface area contributed by atoms with E-state index < -0.39 is 4.92 Å². The van der Waals surface area contributed by atoms with Crippen molar-refractivity contribution >= 4 is 11.5 Å². The maximum Gasteiger partial charge on any atom is 0.372 e. The monoisotopic (exact) mass is 240 g/mol. The topological polar surface area (TPSA) is 90.2 Å². The van der Waals surface area contributed by atoms with Crippen molar-refractivity contribution in [3.8, 4) is 5.88 Å². The van der Waals surface area contributed by atoms with Crippen molar-refractivity contribution in [3.63, 3.8) is 0 Å². The predicted octanol–water partition coefficient (Wildman–Crippen LogP) is 1.91. The van der Waals surface area contributed by atoms with E-state index in [1.165, 1.54) is 7.11 Å². The van der Waals surface area contributed by atoms with Crippen LogP contribution < -0.4 is 10.1 Å². The van der Waals surface area contributed by atoms with Gasteiger partial charge in [-0.2, -0.15) is 4.98 Å². The van der Waals surface area contributed by atoms with Gasteiger partial charge in [-0.05, 0) is 13.3 Å². The molecule has 94 valence electrons. The van der Waals surface area contributed by atoms with Gasteiger partial charge in [-0.15, -0.1) is 0 Å². The van der Waals surface area contributed by atoms with E-state index in [-0.39, 0.29) is 17.4 Å². The molecule has 1 aromatic rings. The second kappa shape index (κ2) is 5.97. The Morgan fingerprint density at radius 3 is 2.71 bits per heavy atom. The molecule has 17 heavy (non-hydrogen) atoms. The third-order valence-corrected chi connectivity index (χ3v) is 2.16. The van der Waals surface area contributed by atoms with E-state index >= 15 is 0 Å². The number of aryl methyl sites for hydroxylation is 1. The third kappa shape index (κ3) is 3.27. The van der Waals surface area contributed by atoms with E-state index in [4.69, 9.17) is 4.74 Å². The zero-order valence-electron chi connectivity index (χ0n) is 10.2. The fourth-order valence-electron chi connectivity index (χ4n) is 1.35. The number of aromatic nitrogens is 2. The molecule has 1 aromatic heterocycles. The summed E-state index contributed by atoms with van der Waals surface area (Å²) in [6.07, 6.45) is 1.92. The van der Waals surface area contributed by atoms with Crippen LogP contribution in [0, 0.1) is 17.0 Å². The van der Waals surface area contributed by atoms with Gasteiger partial charge >= 0.3 is 5.69 Å². The second-order valence-electron chi connectivity index (χ2n) is 3.51. The lowest BCUT2D eigenvalue weighted by Crippen LogP contribution is -2.09. The minimum Gasteiger partial charge on any atom is -0.476 e. The smallest absolute Gasteiger partial charge is 0.372 e. The van der Waals surface area contributed by atoms with Crippen molar-refractivity contribution in [2.75, 3.05) is 19.0 Å². The maximum absolute atomic E-state index is 11.0. The van der Waals surface area contributed by atoms with Gasteiger partial charge in [0, 0.05) is 6.54 Å². The molecule has 1 N–H and O–H groups in total. The summed E-state index contributed by atoms with van der Waals surface area (Å²) in [4.78, 5) is 18.3. The van der Waals surface area contributed by atoms with Gasteiger partial charge in [-0.1, -0.05) is 13.3 Å². The Labute approximate surface area is 99.4 Å². The highest BCUT2D eigenvalue weighted by Gasteiger charge is 2.24. The molecule has 0 fully saturated rings. The fourth-order valence-corrected chi connectivity index (χ4v) is 1.35. The molecule has 0 unspecified atom stereocenters. The third-order valence-electron chi connectivity index (χ3n) is 2.16. The molecule has 0 radical (unpaired) electrons. The van der Waals surface area contributed by atoms with Crippen LogP contribution in [0.25, 0.3) is 0 Å². The van der Waals surface area contributed by atoms with Crippen molar-refractivity contribution in [3.05, 3.63) is 15.9 Å². The summed E-state index contributed by atoms with van der Waals surface area (Å²) in [5.74, 6) is 0.640. The molecule has 0 aliphatic carbocycles. The zero-order chi connectivity index (χ0) is 12.8. The standard InChI is InChI=1S/C10H16N4O3/c1-4-5-6-11-9-8(14(15)16)10(17-3)13-7(2)12-9/h4-6H2,1-3H3,(H,11,12,13). The molecule has 1 heterocycles. The van der Waals surface area contributed by atoms with Crippen molar-refractivity contribution in [1.29, 1.82) is 0 Å². The van der Waals surface area contributed by atoms with Gasteiger partial charge < -0.3 is 10.1 Å². The van der Waals surface area contributed by atoms with E-state index in [0.29, 0.717) is 12.4 Å². The first-order valence-electron chi connectivity index (χ1n) is 5.41. The minimum absolute atomic E-state index is 0.0125. The number of nitrogens with one attached hydrogen (secondary N) is 1. The summed E-state index contributed by atoms with van der Waals surface area (Å²) in [5, 5.41) is 13.9. The Kier molecular flexibility index (Phi) is 4.62. The Morgan fingerprint density at radius 2 is 2.18 bits per heavy atom. The first-order valence-corrected chi connectivity index (χ1v) is 5.41. The Bertz CT molecular complexity index is 409. The van der Waals surface area contributed by atoms with Crippen LogP contribution in [0.2, 0.25) is 0 Å². The molecule has 0 atom stereocenters. The highest BCUT2D eigenvalue weighted by atomic mass is 16.6. The molecule has 0 amide bonds. The molecule has 7 nitrogen and oxygen atoms in total. The molecular formula is C10H16N4O3. The highest BCUT2D eigenvalue weighted by molar-refractivity contribution is 5.61. The van der Waals surface area contributed by atoms with Gasteiger partial charge in [0.2, 0.25) is 5.82 Å². The Morgan fingerprint density at radius 1 is 1.47 bits per heavy atom. The van der Waals surface area contributed by atoms with Crippen LogP contribution in [0.5, 0.6) is 5.88 Å². The molecule has 0 aliphatic heterocycles. The van der Waals surface area contributed by atoms with E-state index in [9.17, 15) is 10.1 Å². The molecule has 1 rings (SSSR count). The molecule has 0 bridgehead atoms. The van der Waals surface area contributed by atoms with Gasteiger partial charge in [0.05, 0.1) is 12.0 Å². The predicted molar refractivity (Wildman–Crippen MR) is 63.4 cm³/mol. The van der Waals surface area contributed by atoms with Gasteiger partial charge in [0.15, 0.2) is 0 Å². The summed E-state index contributed by atoms with van der Waals surface area (Å²) >= 11 is 0. The number of hydrogen-bond donors (Lipinski definition) is 1. The van der Waals surface area contributed by atoms with Crippen molar-refractivity contribution in [2.24, 2.45) is 0 Å². The van der Waals surface area contributed by atoms with Crippen molar-refractivity contribution in [2.45, 2.75) is 26.7 Å². The lowest BCUT2D eigenvalue weighted by atomic mass is 10.3. The number of methoxy groups -OCH3 is 1. The molecule has 0 aromatic carbocycles. The lowest BCUT2D eigenvalue weighted by molar-refractivity contribution is -0.385. The average molecular weight is 240 g/mol. The number of anilines is 1. The molecule has 0 spiro atoms. The van der Waals surface area contributed by atoms with Crippen LogP contribution >= 0.6 is 0 Å². The van der Waals surface area contributed by atoms with Crippen LogP contribution in [0.1, 0.15) is 25.6 Å². The van der Waals surface area contributed by atoms with Gasteiger partial charge in [-0.25, -0.2) is 4.98 Å². The summed E-state index contributed by atoms with van der Waals surface area (Å²) < 4.78 is 4.90. The molecular weight excluding hydrogens is 224 g/mol. The summed E-state index contributed by atoms with van der Waals surface area (Å²) in [6, 6.07) is 0. The van der Waals surface area contributed by atoms with Crippen LogP contribution in [0.3, 0.4) is 0 Å². The first kappa shape index (κ1) is 13.1. The van der Waals surface area contributed by atoms with Gasteiger partial charge in [0.25, 0.3) is 5.88 Å². The maximum atomic E-state index is 11.0. The van der Waals surface area contributed by atoms with Gasteiger partial charge in [-0.3, -0.25) is 10.1 Å². The summed E-state index contributed by atoms with van der Waals surface area (Å²) in [5.41, 5.74) is -0.214. The van der Waals surface area contributed by atoms with Crippen LogP contribution in [-0.4, -0.2) is 28.5 Å². The number of nitrogens with zero attached hydrogens (tertiary/aromatic N) is 3. The molecule has 0 saturated heterocycles. The number of hydrogen-bond acceptors (Lipinski definition) is 6. The van der Waals surface area contributed by atoms with Gasteiger partial charge in [0.1, 0.15) is 5.82 Å². The van der Waals surface area contributed by atoms with Crippen LogP contribution in [-0.2, 0) is 0 Å². The van der Waals surface area contributed by atoms with E-state index in [1.54, 1.807) is 6.92 Å². The van der Waals surface area contributed by atoms with E-state index in [1.807, 2.05) is 6.92 Å². The number of ether oxygens (including phenoxy) is 1. The normalized spacial score (nSPS) is 10.1. The zero-order valence-corrected chi connectivity index (χ0v) is 10.2. The average Bonchev–Trinajstić information content (AvgIpc) is 2.28.